The Balaban J connectivity index is 1.82. The van der Waals surface area contributed by atoms with Gasteiger partial charge in [-0.25, -0.2) is 4.98 Å². The fraction of sp³-hybridized carbons (Fsp3) is 0.600. The quantitative estimate of drug-likeness (QED) is 0.837. The minimum absolute atomic E-state index is 0.724. The first kappa shape index (κ1) is 14.9. The van der Waals surface area contributed by atoms with Gasteiger partial charge in [0.05, 0.1) is 5.39 Å². The first-order chi connectivity index (χ1) is 10.3. The summed E-state index contributed by atoms with van der Waals surface area (Å²) in [7, 11) is 0. The maximum Gasteiger partial charge on any atom is 0.226 e. The zero-order valence-corrected chi connectivity index (χ0v) is 14.2. The van der Waals surface area contributed by atoms with Gasteiger partial charge in [0.25, 0.3) is 0 Å². The van der Waals surface area contributed by atoms with Crippen LogP contribution in [0.4, 0.5) is 11.8 Å². The van der Waals surface area contributed by atoms with Crippen molar-refractivity contribution in [3.05, 3.63) is 10.9 Å². The van der Waals surface area contributed by atoms with E-state index in [0.29, 0.717) is 0 Å². The van der Waals surface area contributed by atoms with E-state index in [9.17, 15) is 0 Å². The van der Waals surface area contributed by atoms with Crippen molar-refractivity contribution in [2.24, 2.45) is 0 Å². The van der Waals surface area contributed by atoms with Crippen LogP contribution >= 0.6 is 23.1 Å². The summed E-state index contributed by atoms with van der Waals surface area (Å²) < 4.78 is 0. The Bertz CT molecular complexity index is 605. The van der Waals surface area contributed by atoms with Crippen molar-refractivity contribution < 1.29 is 0 Å². The van der Waals surface area contributed by atoms with Crippen molar-refractivity contribution in [3.8, 4) is 0 Å². The molecule has 0 saturated carbocycles. The summed E-state index contributed by atoms with van der Waals surface area (Å²) >= 11 is 3.81. The molecule has 1 aliphatic rings. The summed E-state index contributed by atoms with van der Waals surface area (Å²) in [6, 6.07) is 2.19. The second kappa shape index (κ2) is 6.83. The second-order valence-electron chi connectivity index (χ2n) is 5.41. The third kappa shape index (κ3) is 3.61. The number of anilines is 2. The number of nitrogens with one attached hydrogen (secondary N) is 2. The molecule has 3 heterocycles. The van der Waals surface area contributed by atoms with Gasteiger partial charge in [-0.05, 0) is 38.0 Å². The number of hydrogen-bond acceptors (Lipinski definition) is 6. The monoisotopic (exact) mass is 322 g/mol. The smallest absolute Gasteiger partial charge is 0.226 e. The van der Waals surface area contributed by atoms with Gasteiger partial charge in [-0.3, -0.25) is 0 Å². The van der Waals surface area contributed by atoms with Crippen LogP contribution < -0.4 is 10.6 Å². The first-order valence-electron chi connectivity index (χ1n) is 7.64. The molecule has 2 N–H and O–H groups in total. The summed E-state index contributed by atoms with van der Waals surface area (Å²) in [6.07, 6.45) is 3.74. The minimum Gasteiger partial charge on any atom is -0.368 e. The lowest BCUT2D eigenvalue weighted by Gasteiger charge is -2.12. The Morgan fingerprint density at radius 1 is 1.33 bits per heavy atom. The topological polar surface area (TPSA) is 49.8 Å². The van der Waals surface area contributed by atoms with E-state index in [4.69, 9.17) is 0 Å². The molecule has 0 aliphatic carbocycles. The van der Waals surface area contributed by atoms with Crippen molar-refractivity contribution in [3.63, 3.8) is 0 Å². The SMILES string of the molecule is CCCNc1nc(NCC2CCCS2)c2cc(C)sc2n1. The van der Waals surface area contributed by atoms with E-state index < -0.39 is 0 Å². The lowest BCUT2D eigenvalue weighted by molar-refractivity contribution is 0.804. The van der Waals surface area contributed by atoms with Crippen molar-refractivity contribution >= 4 is 45.1 Å². The fourth-order valence-corrected chi connectivity index (χ4v) is 4.59. The van der Waals surface area contributed by atoms with Crippen LogP contribution in [-0.2, 0) is 0 Å². The van der Waals surface area contributed by atoms with Crippen LogP contribution in [0.25, 0.3) is 10.2 Å². The summed E-state index contributed by atoms with van der Waals surface area (Å²) in [4.78, 5) is 11.7. The molecule has 1 aliphatic heterocycles. The number of thioether (sulfide) groups is 1. The van der Waals surface area contributed by atoms with E-state index in [1.165, 1.54) is 23.5 Å². The van der Waals surface area contributed by atoms with Gasteiger partial charge in [0.15, 0.2) is 0 Å². The average Bonchev–Trinajstić information content (AvgIpc) is 3.10. The molecule has 1 fully saturated rings. The van der Waals surface area contributed by atoms with Gasteiger partial charge in [-0.2, -0.15) is 16.7 Å². The van der Waals surface area contributed by atoms with Crippen molar-refractivity contribution in [1.29, 1.82) is 0 Å². The molecule has 0 aromatic carbocycles. The average molecular weight is 323 g/mol. The number of aryl methyl sites for hydroxylation is 1. The van der Waals surface area contributed by atoms with E-state index in [-0.39, 0.29) is 0 Å². The molecule has 1 unspecified atom stereocenters. The molecule has 4 nitrogen and oxygen atoms in total. The molecule has 3 rings (SSSR count). The highest BCUT2D eigenvalue weighted by Gasteiger charge is 2.17. The number of thiophene rings is 1. The summed E-state index contributed by atoms with van der Waals surface area (Å²) in [5.74, 6) is 3.02. The molecule has 0 amide bonds. The van der Waals surface area contributed by atoms with Crippen LogP contribution in [-0.4, -0.2) is 34.1 Å². The predicted molar refractivity (Wildman–Crippen MR) is 94.9 cm³/mol. The normalized spacial score (nSPS) is 18.3. The van der Waals surface area contributed by atoms with Crippen LogP contribution in [0.15, 0.2) is 6.07 Å². The largest absolute Gasteiger partial charge is 0.368 e. The molecule has 1 atom stereocenters. The van der Waals surface area contributed by atoms with Gasteiger partial charge in [0.1, 0.15) is 10.6 Å². The van der Waals surface area contributed by atoms with Crippen LogP contribution in [0.1, 0.15) is 31.1 Å². The molecule has 0 bridgehead atoms. The van der Waals surface area contributed by atoms with Crippen molar-refractivity contribution in [2.45, 2.75) is 38.4 Å². The van der Waals surface area contributed by atoms with Crippen molar-refractivity contribution in [1.82, 2.24) is 9.97 Å². The zero-order valence-electron chi connectivity index (χ0n) is 12.6. The van der Waals surface area contributed by atoms with Gasteiger partial charge < -0.3 is 10.6 Å². The van der Waals surface area contributed by atoms with Gasteiger partial charge >= 0.3 is 0 Å². The maximum absolute atomic E-state index is 4.68. The molecule has 2 aromatic heterocycles. The number of nitrogens with zero attached hydrogens (tertiary/aromatic N) is 2. The van der Waals surface area contributed by atoms with E-state index in [0.717, 1.165) is 46.7 Å². The standard InChI is InChI=1S/C15H22N4S2/c1-3-6-16-15-18-13(17-9-11-5-4-7-20-11)12-8-10(2)21-14(12)19-15/h8,11H,3-7,9H2,1-2H3,(H2,16,17,18,19). The highest BCUT2D eigenvalue weighted by Crippen LogP contribution is 2.31. The van der Waals surface area contributed by atoms with Gasteiger partial charge in [0.2, 0.25) is 5.95 Å². The van der Waals surface area contributed by atoms with Gasteiger partial charge in [-0.15, -0.1) is 11.3 Å². The molecular weight excluding hydrogens is 300 g/mol. The highest BCUT2D eigenvalue weighted by molar-refractivity contribution is 8.00. The number of rotatable bonds is 6. The second-order valence-corrected chi connectivity index (χ2v) is 8.06. The lowest BCUT2D eigenvalue weighted by atomic mass is 10.2. The highest BCUT2D eigenvalue weighted by atomic mass is 32.2. The van der Waals surface area contributed by atoms with Crippen LogP contribution in [0, 0.1) is 6.92 Å². The Labute approximate surface area is 134 Å². The van der Waals surface area contributed by atoms with Crippen molar-refractivity contribution in [2.75, 3.05) is 29.5 Å². The molecule has 6 heteroatoms. The third-order valence-electron chi connectivity index (χ3n) is 3.57. The molecule has 0 radical (unpaired) electrons. The molecule has 1 saturated heterocycles. The Morgan fingerprint density at radius 2 is 2.24 bits per heavy atom. The van der Waals surface area contributed by atoms with Crippen LogP contribution in [0.2, 0.25) is 0 Å². The predicted octanol–water partition coefficient (Wildman–Crippen LogP) is 4.13. The number of aromatic nitrogens is 2. The zero-order chi connectivity index (χ0) is 14.7. The molecule has 0 spiro atoms. The van der Waals surface area contributed by atoms with Gasteiger partial charge in [0, 0.05) is 23.2 Å². The molecule has 21 heavy (non-hydrogen) atoms. The Hall–Kier alpha value is -1.01. The van der Waals surface area contributed by atoms with Gasteiger partial charge in [-0.1, -0.05) is 6.92 Å². The van der Waals surface area contributed by atoms with E-state index in [1.807, 2.05) is 0 Å². The Morgan fingerprint density at radius 3 is 3.00 bits per heavy atom. The van der Waals surface area contributed by atoms with Crippen LogP contribution in [0.5, 0.6) is 0 Å². The maximum atomic E-state index is 4.68. The summed E-state index contributed by atoms with van der Waals surface area (Å²) in [5, 5.41) is 8.74. The molecular formula is C15H22N4S2. The minimum atomic E-state index is 0.724. The Kier molecular flexibility index (Phi) is 4.85. The van der Waals surface area contributed by atoms with E-state index in [1.54, 1.807) is 11.3 Å². The number of hydrogen-bond donors (Lipinski definition) is 2. The van der Waals surface area contributed by atoms with E-state index in [2.05, 4.69) is 52.3 Å². The fourth-order valence-electron chi connectivity index (χ4n) is 2.51. The summed E-state index contributed by atoms with van der Waals surface area (Å²) in [6.45, 7) is 6.19. The molecule has 114 valence electrons. The summed E-state index contributed by atoms with van der Waals surface area (Å²) in [5.41, 5.74) is 0. The third-order valence-corrected chi connectivity index (χ3v) is 5.91. The van der Waals surface area contributed by atoms with E-state index >= 15 is 0 Å². The lowest BCUT2D eigenvalue weighted by Crippen LogP contribution is -2.15. The first-order valence-corrected chi connectivity index (χ1v) is 9.50. The molecule has 2 aromatic rings. The number of fused-ring (bicyclic) bond motifs is 1. The van der Waals surface area contributed by atoms with Crippen LogP contribution in [0.3, 0.4) is 0 Å².